The minimum absolute atomic E-state index is 1.17. The van der Waals surface area contributed by atoms with Gasteiger partial charge in [0.1, 0.15) is 0 Å². The fourth-order valence-corrected chi connectivity index (χ4v) is 4.80. The Kier molecular flexibility index (Phi) is 4.01. The fraction of sp³-hybridized carbons (Fsp3) is 0.600. The molecule has 60 valence electrons. The molecular weight excluding hydrogens is 223 g/mol. The average Bonchev–Trinajstić information content (AvgIpc) is 1.57. The predicted octanol–water partition coefficient (Wildman–Crippen LogP) is 3.61. The van der Waals surface area contributed by atoms with Crippen LogP contribution in [0.4, 0.5) is 0 Å². The van der Waals surface area contributed by atoms with E-state index in [-0.39, 0.29) is 0 Å². The van der Waals surface area contributed by atoms with E-state index in [1.165, 1.54) is 0 Å². The Labute approximate surface area is 78.3 Å². The van der Waals surface area contributed by atoms with E-state index >= 15 is 0 Å². The van der Waals surface area contributed by atoms with Crippen LogP contribution in [0.5, 0.6) is 0 Å². The largest absolute Gasteiger partial charge is 0.365 e. The van der Waals surface area contributed by atoms with Crippen molar-refractivity contribution in [1.82, 2.24) is 0 Å². The molecule has 0 aromatic rings. The Hall–Kier alpha value is 1.04. The van der Waals surface area contributed by atoms with Crippen molar-refractivity contribution in [2.24, 2.45) is 0 Å². The molecule has 0 saturated carbocycles. The van der Waals surface area contributed by atoms with Gasteiger partial charge in [-0.15, -0.1) is 33.2 Å². The molecule has 10 heavy (non-hydrogen) atoms. The van der Waals surface area contributed by atoms with Gasteiger partial charge in [0.15, 0.2) is 0 Å². The Morgan fingerprint density at radius 1 is 0.900 bits per heavy atom. The number of rotatable bonds is 2. The highest BCUT2D eigenvalue weighted by Gasteiger charge is 2.21. The normalized spacial score (nSPS) is 14.6. The van der Waals surface area contributed by atoms with Gasteiger partial charge in [-0.3, -0.25) is 0 Å². The molecular formula is C5H11Cl3Si2. The topological polar surface area (TPSA) is 0 Å². The van der Waals surface area contributed by atoms with Gasteiger partial charge in [0.2, 0.25) is 0 Å². The van der Waals surface area contributed by atoms with Crippen molar-refractivity contribution >= 4 is 47.3 Å². The third kappa shape index (κ3) is 9.04. The van der Waals surface area contributed by atoms with Gasteiger partial charge in [-0.05, 0) is 0 Å². The molecule has 0 bridgehead atoms. The molecule has 0 N–H and O–H groups in total. The molecule has 0 unspecified atom stereocenters. The Balaban J connectivity index is 4.01. The molecule has 0 aliphatic heterocycles. The predicted molar refractivity (Wildman–Crippen MR) is 55.8 cm³/mol. The maximum absolute atomic E-state index is 5.64. The Morgan fingerprint density at radius 2 is 1.30 bits per heavy atom. The summed E-state index contributed by atoms with van der Waals surface area (Å²) in [6, 6.07) is -2.50. The van der Waals surface area contributed by atoms with Crippen LogP contribution >= 0.6 is 33.2 Å². The monoisotopic (exact) mass is 232 g/mol. The summed E-state index contributed by atoms with van der Waals surface area (Å²) in [5.74, 6) is 0. The molecule has 0 amide bonds. The van der Waals surface area contributed by atoms with Crippen LogP contribution in [-0.4, -0.2) is 14.1 Å². The maximum atomic E-state index is 5.64. The second-order valence-electron chi connectivity index (χ2n) is 3.24. The molecule has 0 aromatic heterocycles. The lowest BCUT2D eigenvalue weighted by Gasteiger charge is -2.09. The molecule has 0 aromatic carbocycles. The van der Waals surface area contributed by atoms with Crippen molar-refractivity contribution in [2.45, 2.75) is 19.6 Å². The van der Waals surface area contributed by atoms with Gasteiger partial charge in [-0.1, -0.05) is 31.0 Å². The van der Waals surface area contributed by atoms with E-state index in [4.69, 9.17) is 33.2 Å². The van der Waals surface area contributed by atoms with Crippen LogP contribution in [0.1, 0.15) is 0 Å². The highest BCUT2D eigenvalue weighted by atomic mass is 35.8. The lowest BCUT2D eigenvalue weighted by atomic mass is 11.2. The van der Waals surface area contributed by atoms with E-state index in [2.05, 4.69) is 25.3 Å². The van der Waals surface area contributed by atoms with E-state index in [9.17, 15) is 0 Å². The van der Waals surface area contributed by atoms with Crippen LogP contribution in [0.25, 0.3) is 0 Å². The molecule has 0 saturated heterocycles. The molecule has 0 atom stereocenters. The van der Waals surface area contributed by atoms with Gasteiger partial charge in [0, 0.05) is 0 Å². The molecule has 5 heteroatoms. The molecule has 0 aliphatic rings. The van der Waals surface area contributed by atoms with Crippen molar-refractivity contribution in [2.75, 3.05) is 0 Å². The number of hydrogen-bond donors (Lipinski definition) is 0. The van der Waals surface area contributed by atoms with Crippen molar-refractivity contribution < 1.29 is 0 Å². The molecule has 0 radical (unpaired) electrons. The summed E-state index contributed by atoms with van der Waals surface area (Å²) in [6.45, 7) is 6.61. The van der Waals surface area contributed by atoms with E-state index in [1.807, 2.05) is 0 Å². The molecule has 0 fully saturated rings. The first-order valence-electron chi connectivity index (χ1n) is 2.98. The van der Waals surface area contributed by atoms with E-state index in [0.29, 0.717) is 0 Å². The van der Waals surface area contributed by atoms with Crippen LogP contribution in [0, 0.1) is 0 Å². The second kappa shape index (κ2) is 3.63. The maximum Gasteiger partial charge on any atom is 0.365 e. The first kappa shape index (κ1) is 11.0. The van der Waals surface area contributed by atoms with E-state index in [1.54, 1.807) is 5.70 Å². The molecule has 0 nitrogen and oxygen atoms in total. The molecule has 0 heterocycles. The van der Waals surface area contributed by atoms with Gasteiger partial charge >= 0.3 is 6.00 Å². The standard InChI is InChI=1S/C5H11Cl3Si2/c1-9(2,3)4-5-10(6,7)8/h4-5H,1-3H3/b5-4+. The zero-order chi connectivity index (χ0) is 8.41. The Morgan fingerprint density at radius 3 is 1.40 bits per heavy atom. The minimum atomic E-state index is -2.50. The molecule has 0 aliphatic carbocycles. The highest BCUT2D eigenvalue weighted by molar-refractivity contribution is 7.66. The summed E-state index contributed by atoms with van der Waals surface area (Å²) in [7, 11) is -1.17. The lowest BCUT2D eigenvalue weighted by Crippen LogP contribution is -2.18. The smallest absolute Gasteiger partial charge is 0.121 e. The van der Waals surface area contributed by atoms with E-state index in [0.717, 1.165) is 0 Å². The van der Waals surface area contributed by atoms with Crippen LogP contribution in [-0.2, 0) is 0 Å². The van der Waals surface area contributed by atoms with Gasteiger partial charge in [0.25, 0.3) is 0 Å². The van der Waals surface area contributed by atoms with Crippen LogP contribution in [0.3, 0.4) is 0 Å². The van der Waals surface area contributed by atoms with Crippen molar-refractivity contribution in [1.29, 1.82) is 0 Å². The lowest BCUT2D eigenvalue weighted by molar-refractivity contribution is 1.78. The number of halogens is 3. The van der Waals surface area contributed by atoms with Crippen LogP contribution < -0.4 is 0 Å². The molecule has 0 rings (SSSR count). The SMILES string of the molecule is C[Si](C)(C)/C=C/[Si](Cl)(Cl)Cl. The van der Waals surface area contributed by atoms with Crippen molar-refractivity contribution in [3.8, 4) is 0 Å². The van der Waals surface area contributed by atoms with Gasteiger partial charge in [0.05, 0.1) is 8.07 Å². The molecule has 0 spiro atoms. The quantitative estimate of drug-likeness (QED) is 0.505. The third-order valence-corrected chi connectivity index (χ3v) is 3.95. The zero-order valence-electron chi connectivity index (χ0n) is 6.29. The summed E-state index contributed by atoms with van der Waals surface area (Å²) >= 11 is 16.9. The van der Waals surface area contributed by atoms with Gasteiger partial charge < -0.3 is 0 Å². The Bertz CT molecular complexity index is 115. The number of hydrogen-bond acceptors (Lipinski definition) is 0. The van der Waals surface area contributed by atoms with Crippen LogP contribution in [0.15, 0.2) is 11.4 Å². The zero-order valence-corrected chi connectivity index (χ0v) is 10.6. The van der Waals surface area contributed by atoms with Crippen LogP contribution in [0.2, 0.25) is 19.6 Å². The highest BCUT2D eigenvalue weighted by Crippen LogP contribution is 2.22. The summed E-state index contributed by atoms with van der Waals surface area (Å²) in [5.41, 5.74) is 3.84. The summed E-state index contributed by atoms with van der Waals surface area (Å²) in [5, 5.41) is 0. The van der Waals surface area contributed by atoms with Gasteiger partial charge in [-0.25, -0.2) is 0 Å². The first-order valence-corrected chi connectivity index (χ1v) is 11.7. The van der Waals surface area contributed by atoms with E-state index < -0.39 is 14.1 Å². The second-order valence-corrected chi connectivity index (χ2v) is 16.8. The fourth-order valence-electron chi connectivity index (χ4n) is 0.344. The van der Waals surface area contributed by atoms with Crippen molar-refractivity contribution in [3.63, 3.8) is 0 Å². The first-order chi connectivity index (χ1) is 4.21. The summed E-state index contributed by atoms with van der Waals surface area (Å²) < 4.78 is 0. The van der Waals surface area contributed by atoms with Crippen molar-refractivity contribution in [3.05, 3.63) is 11.4 Å². The third-order valence-electron chi connectivity index (χ3n) is 0.772. The summed E-state index contributed by atoms with van der Waals surface area (Å²) in [4.78, 5) is 0. The van der Waals surface area contributed by atoms with Gasteiger partial charge in [-0.2, -0.15) is 0 Å². The minimum Gasteiger partial charge on any atom is -0.121 e. The average molecular weight is 234 g/mol. The summed E-state index contributed by atoms with van der Waals surface area (Å²) in [6.07, 6.45) is 0.